The Labute approximate surface area is 156 Å². The van der Waals surface area contributed by atoms with Crippen molar-refractivity contribution >= 4 is 17.4 Å². The summed E-state index contributed by atoms with van der Waals surface area (Å²) in [5.41, 5.74) is 1.61. The third kappa shape index (κ3) is 3.57. The Morgan fingerprint density at radius 1 is 1.15 bits per heavy atom. The maximum Gasteiger partial charge on any atom is 0.259 e. The second-order valence-electron chi connectivity index (χ2n) is 6.26. The number of nitrogens with zero attached hydrogens (tertiary/aromatic N) is 4. The van der Waals surface area contributed by atoms with Crippen LogP contribution in [-0.4, -0.2) is 41.4 Å². The molecule has 1 fully saturated rings. The number of hydrogen-bond acceptors (Lipinski definition) is 6. The summed E-state index contributed by atoms with van der Waals surface area (Å²) in [4.78, 5) is 11.3. The van der Waals surface area contributed by atoms with Crippen LogP contribution in [0.25, 0.3) is 22.8 Å². The Hall–Kier alpha value is -2.44. The quantitative estimate of drug-likeness (QED) is 0.689. The number of benzene rings is 1. The highest BCUT2D eigenvalue weighted by atomic mass is 35.5. The lowest BCUT2D eigenvalue weighted by Gasteiger charge is -2.32. The summed E-state index contributed by atoms with van der Waals surface area (Å²) in [6, 6.07) is 11.3. The molecule has 0 spiro atoms. The van der Waals surface area contributed by atoms with E-state index < -0.39 is 0 Å². The molecule has 0 saturated carbocycles. The van der Waals surface area contributed by atoms with Crippen molar-refractivity contribution < 1.29 is 9.26 Å². The first-order valence-electron chi connectivity index (χ1n) is 8.57. The number of ether oxygens (including phenoxy) is 1. The van der Waals surface area contributed by atoms with Gasteiger partial charge in [-0.05, 0) is 37.1 Å². The van der Waals surface area contributed by atoms with Gasteiger partial charge < -0.3 is 14.2 Å². The third-order valence-corrected chi connectivity index (χ3v) is 4.84. The van der Waals surface area contributed by atoms with Gasteiger partial charge >= 0.3 is 0 Å². The molecule has 1 aliphatic heterocycles. The average molecular weight is 371 g/mol. The van der Waals surface area contributed by atoms with Gasteiger partial charge in [0.2, 0.25) is 5.82 Å². The number of pyridine rings is 1. The number of piperidine rings is 1. The summed E-state index contributed by atoms with van der Waals surface area (Å²) in [6.07, 6.45) is 4.17. The minimum atomic E-state index is 0.355. The van der Waals surface area contributed by atoms with E-state index in [9.17, 15) is 0 Å². The van der Waals surface area contributed by atoms with Gasteiger partial charge in [0.15, 0.2) is 0 Å². The van der Waals surface area contributed by atoms with E-state index in [1.165, 1.54) is 0 Å². The molecule has 6 nitrogen and oxygen atoms in total. The molecular formula is C19H19ClN4O2. The average Bonchev–Trinajstić information content (AvgIpc) is 3.18. The highest BCUT2D eigenvalue weighted by molar-refractivity contribution is 6.30. The predicted octanol–water partition coefficient (Wildman–Crippen LogP) is 4.07. The molecule has 3 aromatic rings. The van der Waals surface area contributed by atoms with Crippen LogP contribution in [0, 0.1) is 0 Å². The van der Waals surface area contributed by atoms with E-state index in [2.05, 4.69) is 20.0 Å². The zero-order valence-electron chi connectivity index (χ0n) is 14.4. The molecule has 26 heavy (non-hydrogen) atoms. The topological polar surface area (TPSA) is 64.3 Å². The molecule has 2 aromatic heterocycles. The summed E-state index contributed by atoms with van der Waals surface area (Å²) in [7, 11) is 1.77. The van der Waals surface area contributed by atoms with Crippen LogP contribution in [0.15, 0.2) is 47.1 Å². The zero-order chi connectivity index (χ0) is 17.9. The second kappa shape index (κ2) is 7.43. The van der Waals surface area contributed by atoms with Crippen molar-refractivity contribution in [3.8, 4) is 22.8 Å². The fraction of sp³-hybridized carbons (Fsp3) is 0.316. The maximum absolute atomic E-state index is 6.02. The van der Waals surface area contributed by atoms with Crippen molar-refractivity contribution in [2.24, 2.45) is 0 Å². The Kier molecular flexibility index (Phi) is 4.86. The fourth-order valence-electron chi connectivity index (χ4n) is 3.11. The molecule has 134 valence electrons. The van der Waals surface area contributed by atoms with E-state index in [0.29, 0.717) is 22.8 Å². The molecule has 7 heteroatoms. The van der Waals surface area contributed by atoms with E-state index in [0.717, 1.165) is 42.9 Å². The maximum atomic E-state index is 6.02. The van der Waals surface area contributed by atoms with Gasteiger partial charge in [0.25, 0.3) is 5.89 Å². The summed E-state index contributed by atoms with van der Waals surface area (Å²) >= 11 is 6.02. The molecule has 0 atom stereocenters. The number of rotatable bonds is 4. The number of anilines is 1. The van der Waals surface area contributed by atoms with Crippen LogP contribution < -0.4 is 4.90 Å². The molecule has 1 aromatic carbocycles. The molecule has 0 radical (unpaired) electrons. The first-order chi connectivity index (χ1) is 12.7. The van der Waals surface area contributed by atoms with Crippen molar-refractivity contribution in [1.29, 1.82) is 0 Å². The normalized spacial score (nSPS) is 15.4. The fourth-order valence-corrected chi connectivity index (χ4v) is 3.30. The monoisotopic (exact) mass is 370 g/mol. The van der Waals surface area contributed by atoms with Gasteiger partial charge in [-0.1, -0.05) is 28.9 Å². The largest absolute Gasteiger partial charge is 0.381 e. The van der Waals surface area contributed by atoms with Crippen LogP contribution in [-0.2, 0) is 4.74 Å². The molecule has 0 unspecified atom stereocenters. The number of hydrogen-bond donors (Lipinski definition) is 0. The lowest BCUT2D eigenvalue weighted by Crippen LogP contribution is -2.37. The number of methoxy groups -OCH3 is 1. The first kappa shape index (κ1) is 17.0. The van der Waals surface area contributed by atoms with Gasteiger partial charge in [0.1, 0.15) is 5.82 Å². The van der Waals surface area contributed by atoms with Gasteiger partial charge in [-0.3, -0.25) is 0 Å². The molecule has 0 aliphatic carbocycles. The van der Waals surface area contributed by atoms with Crippen LogP contribution in [0.1, 0.15) is 12.8 Å². The van der Waals surface area contributed by atoms with E-state index >= 15 is 0 Å². The van der Waals surface area contributed by atoms with Crippen LogP contribution in [0.5, 0.6) is 0 Å². The molecule has 1 saturated heterocycles. The van der Waals surface area contributed by atoms with Gasteiger partial charge in [-0.25, -0.2) is 4.98 Å². The number of halogens is 1. The van der Waals surface area contributed by atoms with Gasteiger partial charge in [0.05, 0.1) is 11.7 Å². The lowest BCUT2D eigenvalue weighted by atomic mass is 10.1. The SMILES string of the molecule is COC1CCN(c2ccc(-c3nc(-c4cccc(Cl)c4)no3)cn2)CC1. The van der Waals surface area contributed by atoms with E-state index in [1.807, 2.05) is 30.3 Å². The molecule has 3 heterocycles. The summed E-state index contributed by atoms with van der Waals surface area (Å²) < 4.78 is 10.8. The zero-order valence-corrected chi connectivity index (χ0v) is 15.2. The molecule has 0 amide bonds. The third-order valence-electron chi connectivity index (χ3n) is 4.60. The van der Waals surface area contributed by atoms with Gasteiger partial charge in [0, 0.05) is 37.0 Å². The van der Waals surface area contributed by atoms with Gasteiger partial charge in [-0.2, -0.15) is 4.98 Å². The van der Waals surface area contributed by atoms with E-state index in [4.69, 9.17) is 20.9 Å². The minimum Gasteiger partial charge on any atom is -0.381 e. The smallest absolute Gasteiger partial charge is 0.259 e. The molecule has 4 rings (SSSR count). The Bertz CT molecular complexity index is 873. The van der Waals surface area contributed by atoms with Crippen LogP contribution >= 0.6 is 11.6 Å². The molecule has 0 N–H and O–H groups in total. The van der Waals surface area contributed by atoms with E-state index in [1.54, 1.807) is 19.4 Å². The van der Waals surface area contributed by atoms with Crippen molar-refractivity contribution in [3.63, 3.8) is 0 Å². The second-order valence-corrected chi connectivity index (χ2v) is 6.70. The van der Waals surface area contributed by atoms with Crippen LogP contribution in [0.2, 0.25) is 5.02 Å². The van der Waals surface area contributed by atoms with E-state index in [-0.39, 0.29) is 0 Å². The standard InChI is InChI=1S/C19H19ClN4O2/c1-25-16-7-9-24(10-8-16)17-6-5-14(12-21-17)19-22-18(23-26-19)13-3-2-4-15(20)11-13/h2-6,11-12,16H,7-10H2,1H3. The van der Waals surface area contributed by atoms with Crippen molar-refractivity contribution in [1.82, 2.24) is 15.1 Å². The highest BCUT2D eigenvalue weighted by Gasteiger charge is 2.20. The molecular weight excluding hydrogens is 352 g/mol. The minimum absolute atomic E-state index is 0.355. The highest BCUT2D eigenvalue weighted by Crippen LogP contribution is 2.25. The molecule has 1 aliphatic rings. The number of aromatic nitrogens is 3. The summed E-state index contributed by atoms with van der Waals surface area (Å²) in [5.74, 6) is 1.91. The van der Waals surface area contributed by atoms with Gasteiger partial charge in [-0.15, -0.1) is 0 Å². The van der Waals surface area contributed by atoms with Crippen molar-refractivity contribution in [2.75, 3.05) is 25.1 Å². The van der Waals surface area contributed by atoms with Crippen molar-refractivity contribution in [2.45, 2.75) is 18.9 Å². The molecule has 0 bridgehead atoms. The summed E-state index contributed by atoms with van der Waals surface area (Å²) in [5, 5.41) is 4.67. The Balaban J connectivity index is 1.49. The predicted molar refractivity (Wildman–Crippen MR) is 100 cm³/mol. The lowest BCUT2D eigenvalue weighted by molar-refractivity contribution is 0.0818. The summed E-state index contributed by atoms with van der Waals surface area (Å²) in [6.45, 7) is 1.90. The Morgan fingerprint density at radius 3 is 2.69 bits per heavy atom. The first-order valence-corrected chi connectivity index (χ1v) is 8.94. The Morgan fingerprint density at radius 2 is 2.00 bits per heavy atom. The van der Waals surface area contributed by atoms with Crippen LogP contribution in [0.3, 0.4) is 0 Å². The van der Waals surface area contributed by atoms with Crippen LogP contribution in [0.4, 0.5) is 5.82 Å². The van der Waals surface area contributed by atoms with Crippen molar-refractivity contribution in [3.05, 3.63) is 47.6 Å².